The fourth-order valence-electron chi connectivity index (χ4n) is 3.90. The normalized spacial score (nSPS) is 12.3. The van der Waals surface area contributed by atoms with Crippen LogP contribution in [0.4, 0.5) is 24.5 Å². The number of rotatable bonds is 9. The molecule has 0 spiro atoms. The number of nitrogens with one attached hydrogen (secondary N) is 3. The Hall–Kier alpha value is -4.25. The largest absolute Gasteiger partial charge is 0.418 e. The molecule has 0 aliphatic rings. The zero-order valence-corrected chi connectivity index (χ0v) is 25.2. The molecule has 4 rings (SSSR count). The van der Waals surface area contributed by atoms with E-state index in [2.05, 4.69) is 16.0 Å². The van der Waals surface area contributed by atoms with Gasteiger partial charge >= 0.3 is 6.18 Å². The molecule has 0 aliphatic heterocycles. The van der Waals surface area contributed by atoms with Crippen molar-refractivity contribution >= 4 is 70.1 Å². The monoisotopic (exact) mass is 657 g/mol. The Morgan fingerprint density at radius 3 is 2.23 bits per heavy atom. The number of anilines is 2. The molecule has 0 saturated heterocycles. The number of thioether (sulfide) groups is 1. The third-order valence-corrected chi connectivity index (χ3v) is 7.57. The van der Waals surface area contributed by atoms with Crippen molar-refractivity contribution < 1.29 is 27.6 Å². The van der Waals surface area contributed by atoms with Gasteiger partial charge in [-0.25, -0.2) is 0 Å². The fraction of sp³-hybridized carbons (Fsp3) is 0.0938. The van der Waals surface area contributed by atoms with Crippen LogP contribution in [0.2, 0.25) is 10.0 Å². The van der Waals surface area contributed by atoms with Gasteiger partial charge in [-0.15, -0.1) is 11.8 Å². The Labute approximate surface area is 265 Å². The van der Waals surface area contributed by atoms with E-state index < -0.39 is 40.4 Å². The van der Waals surface area contributed by atoms with E-state index >= 15 is 0 Å². The maximum Gasteiger partial charge on any atom is 0.418 e. The number of halogens is 5. The van der Waals surface area contributed by atoms with Crippen LogP contribution < -0.4 is 16.0 Å². The average Bonchev–Trinajstić information content (AvgIpc) is 2.97. The predicted octanol–water partition coefficient (Wildman–Crippen LogP) is 8.54. The van der Waals surface area contributed by atoms with Gasteiger partial charge in [0.1, 0.15) is 5.70 Å². The smallest absolute Gasteiger partial charge is 0.325 e. The predicted molar refractivity (Wildman–Crippen MR) is 169 cm³/mol. The summed E-state index contributed by atoms with van der Waals surface area (Å²) in [6.07, 6.45) is -3.23. The first-order chi connectivity index (χ1) is 20.9. The summed E-state index contributed by atoms with van der Waals surface area (Å²) in [6.45, 7) is 1.54. The molecule has 6 nitrogen and oxygen atoms in total. The van der Waals surface area contributed by atoms with E-state index in [0.717, 1.165) is 23.9 Å². The van der Waals surface area contributed by atoms with Crippen molar-refractivity contribution in [3.05, 3.63) is 129 Å². The molecule has 1 unspecified atom stereocenters. The van der Waals surface area contributed by atoms with E-state index in [1.54, 1.807) is 85.8 Å². The van der Waals surface area contributed by atoms with E-state index in [0.29, 0.717) is 26.7 Å². The molecule has 0 saturated carbocycles. The lowest BCUT2D eigenvalue weighted by Gasteiger charge is -2.17. The molecular weight excluding hydrogens is 634 g/mol. The Morgan fingerprint density at radius 1 is 0.818 bits per heavy atom. The van der Waals surface area contributed by atoms with Crippen molar-refractivity contribution in [2.75, 3.05) is 10.6 Å². The minimum absolute atomic E-state index is 0.0460. The zero-order valence-electron chi connectivity index (χ0n) is 22.9. The van der Waals surface area contributed by atoms with Crippen LogP contribution in [0.15, 0.2) is 108 Å². The van der Waals surface area contributed by atoms with Crippen LogP contribution in [0.25, 0.3) is 6.08 Å². The summed E-state index contributed by atoms with van der Waals surface area (Å²) in [4.78, 5) is 39.6. The molecule has 3 amide bonds. The third-order valence-electron chi connectivity index (χ3n) is 6.01. The van der Waals surface area contributed by atoms with E-state index in [1.807, 2.05) is 0 Å². The van der Waals surface area contributed by atoms with Gasteiger partial charge in [-0.1, -0.05) is 59.6 Å². The first kappa shape index (κ1) is 32.7. The van der Waals surface area contributed by atoms with Crippen LogP contribution in [-0.4, -0.2) is 23.0 Å². The number of alkyl halides is 3. The van der Waals surface area contributed by atoms with Gasteiger partial charge in [0.15, 0.2) is 0 Å². The lowest BCUT2D eigenvalue weighted by atomic mass is 10.1. The topological polar surface area (TPSA) is 87.3 Å². The van der Waals surface area contributed by atoms with Crippen molar-refractivity contribution in [3.63, 3.8) is 0 Å². The van der Waals surface area contributed by atoms with Crippen molar-refractivity contribution in [2.45, 2.75) is 23.2 Å². The highest BCUT2D eigenvalue weighted by molar-refractivity contribution is 8.00. The van der Waals surface area contributed by atoms with Crippen LogP contribution in [-0.2, 0) is 15.8 Å². The van der Waals surface area contributed by atoms with Crippen molar-refractivity contribution in [2.24, 2.45) is 0 Å². The van der Waals surface area contributed by atoms with Gasteiger partial charge in [-0.3, -0.25) is 14.4 Å². The van der Waals surface area contributed by atoms with Crippen molar-refractivity contribution in [1.29, 1.82) is 0 Å². The SMILES string of the molecule is CC(Sc1cccc(NC(=O)/C(=C/c2cccc(Cl)c2)NC(=O)c2ccccc2)c1)C(=O)Nc1ccc(Cl)cc1C(F)(F)F. The summed E-state index contributed by atoms with van der Waals surface area (Å²) in [6, 6.07) is 24.8. The minimum Gasteiger partial charge on any atom is -0.325 e. The van der Waals surface area contributed by atoms with Gasteiger partial charge in [0.2, 0.25) is 5.91 Å². The van der Waals surface area contributed by atoms with Crippen LogP contribution in [0.1, 0.15) is 28.4 Å². The summed E-state index contributed by atoms with van der Waals surface area (Å²) in [5.74, 6) is -1.77. The maximum absolute atomic E-state index is 13.4. The van der Waals surface area contributed by atoms with Crippen LogP contribution >= 0.6 is 35.0 Å². The zero-order chi connectivity index (χ0) is 31.9. The Morgan fingerprint density at radius 2 is 1.52 bits per heavy atom. The third kappa shape index (κ3) is 9.12. The molecule has 4 aromatic rings. The lowest BCUT2D eigenvalue weighted by molar-refractivity contribution is -0.137. The molecule has 0 radical (unpaired) electrons. The first-order valence-corrected chi connectivity index (χ1v) is 14.6. The van der Waals surface area contributed by atoms with Crippen LogP contribution in [0.5, 0.6) is 0 Å². The lowest BCUT2D eigenvalue weighted by Crippen LogP contribution is -2.30. The highest BCUT2D eigenvalue weighted by Gasteiger charge is 2.34. The van der Waals surface area contributed by atoms with Gasteiger partial charge in [-0.05, 0) is 79.2 Å². The highest BCUT2D eigenvalue weighted by atomic mass is 35.5. The molecule has 44 heavy (non-hydrogen) atoms. The number of hydrogen-bond donors (Lipinski definition) is 3. The number of carbonyl (C=O) groups excluding carboxylic acids is 3. The summed E-state index contributed by atoms with van der Waals surface area (Å²) in [5, 5.41) is 7.24. The molecule has 12 heteroatoms. The molecule has 0 heterocycles. The molecule has 0 fully saturated rings. The molecule has 0 aliphatic carbocycles. The quantitative estimate of drug-likeness (QED) is 0.124. The van der Waals surface area contributed by atoms with E-state index in [1.165, 1.54) is 12.1 Å². The molecular formula is C32H24Cl2F3N3O3S. The van der Waals surface area contributed by atoms with Gasteiger partial charge < -0.3 is 16.0 Å². The second kappa shape index (κ2) is 14.5. The summed E-state index contributed by atoms with van der Waals surface area (Å²) in [5.41, 5.74) is -0.220. The van der Waals surface area contributed by atoms with Crippen molar-refractivity contribution in [3.8, 4) is 0 Å². The Bertz CT molecular complexity index is 1720. The standard InChI is InChI=1S/C32H24Cl2F3N3O3S/c1-19(29(41)39-27-14-13-23(34)17-26(27)32(35,36)37)44-25-12-6-11-24(18-25)38-31(43)28(16-20-7-5-10-22(33)15-20)40-30(42)21-8-3-2-4-9-21/h2-19H,1H3,(H,38,43)(H,39,41)(H,40,42)/b28-16-. The molecule has 226 valence electrons. The Kier molecular flexibility index (Phi) is 10.7. The number of hydrogen-bond acceptors (Lipinski definition) is 4. The second-order valence-corrected chi connectivity index (χ2v) is 11.6. The van der Waals surface area contributed by atoms with E-state index in [9.17, 15) is 27.6 Å². The molecule has 0 bridgehead atoms. The van der Waals surface area contributed by atoms with Crippen LogP contribution in [0.3, 0.4) is 0 Å². The average molecular weight is 659 g/mol. The molecule has 0 aromatic heterocycles. The van der Waals surface area contributed by atoms with Gasteiger partial charge in [0, 0.05) is 26.2 Å². The first-order valence-electron chi connectivity index (χ1n) is 13.0. The van der Waals surface area contributed by atoms with Gasteiger partial charge in [0.25, 0.3) is 11.8 Å². The highest BCUT2D eigenvalue weighted by Crippen LogP contribution is 2.37. The van der Waals surface area contributed by atoms with Crippen molar-refractivity contribution in [1.82, 2.24) is 5.32 Å². The molecule has 1 atom stereocenters. The summed E-state index contributed by atoms with van der Waals surface area (Å²) in [7, 11) is 0. The van der Waals surface area contributed by atoms with Gasteiger partial charge in [-0.2, -0.15) is 13.2 Å². The number of amides is 3. The molecule has 3 N–H and O–H groups in total. The van der Waals surface area contributed by atoms with Gasteiger partial charge in [0.05, 0.1) is 16.5 Å². The van der Waals surface area contributed by atoms with Crippen LogP contribution in [0, 0.1) is 0 Å². The summed E-state index contributed by atoms with van der Waals surface area (Å²) >= 11 is 12.9. The Balaban J connectivity index is 1.49. The minimum atomic E-state index is -4.71. The van der Waals surface area contributed by atoms with E-state index in [-0.39, 0.29) is 10.7 Å². The summed E-state index contributed by atoms with van der Waals surface area (Å²) < 4.78 is 40.3. The maximum atomic E-state index is 13.4. The number of benzene rings is 4. The second-order valence-electron chi connectivity index (χ2n) is 9.35. The fourth-order valence-corrected chi connectivity index (χ4v) is 5.20. The van der Waals surface area contributed by atoms with E-state index in [4.69, 9.17) is 23.2 Å². The number of carbonyl (C=O) groups is 3. The molecule has 4 aromatic carbocycles.